The molecule has 2 aromatic carbocycles. The SMILES string of the molecule is C[C@@H](OC(=O)Cn1ccccc1=O)C(=O)Nc1ccc2ccccc2c1. The molecule has 0 saturated carbocycles. The van der Waals surface area contributed by atoms with Crippen LogP contribution in [0.2, 0.25) is 0 Å². The summed E-state index contributed by atoms with van der Waals surface area (Å²) in [6.45, 7) is 1.25. The average Bonchev–Trinajstić information content (AvgIpc) is 2.63. The molecule has 0 aliphatic carbocycles. The number of esters is 1. The number of anilines is 1. The van der Waals surface area contributed by atoms with E-state index in [4.69, 9.17) is 4.74 Å². The molecular weight excluding hydrogens is 332 g/mol. The maximum absolute atomic E-state index is 12.2. The highest BCUT2D eigenvalue weighted by Gasteiger charge is 2.18. The molecule has 3 aromatic rings. The molecule has 1 amide bonds. The number of hydrogen-bond acceptors (Lipinski definition) is 4. The molecule has 0 bridgehead atoms. The van der Waals surface area contributed by atoms with Gasteiger partial charge in [-0.1, -0.05) is 36.4 Å². The summed E-state index contributed by atoms with van der Waals surface area (Å²) >= 11 is 0. The Morgan fingerprint density at radius 2 is 1.77 bits per heavy atom. The minimum absolute atomic E-state index is 0.243. The number of nitrogens with one attached hydrogen (secondary N) is 1. The predicted octanol–water partition coefficient (Wildman–Crippen LogP) is 2.57. The van der Waals surface area contributed by atoms with Gasteiger partial charge in [0.05, 0.1) is 0 Å². The number of hydrogen-bond donors (Lipinski definition) is 1. The van der Waals surface area contributed by atoms with Crippen molar-refractivity contribution >= 4 is 28.3 Å². The molecule has 0 spiro atoms. The van der Waals surface area contributed by atoms with E-state index in [1.807, 2.05) is 36.4 Å². The molecule has 26 heavy (non-hydrogen) atoms. The number of carbonyl (C=O) groups excluding carboxylic acids is 2. The molecule has 0 saturated heterocycles. The van der Waals surface area contributed by atoms with Crippen LogP contribution in [0.5, 0.6) is 0 Å². The Hall–Kier alpha value is -3.41. The lowest BCUT2D eigenvalue weighted by atomic mass is 10.1. The number of fused-ring (bicyclic) bond motifs is 1. The van der Waals surface area contributed by atoms with Crippen molar-refractivity contribution in [3.63, 3.8) is 0 Å². The zero-order valence-electron chi connectivity index (χ0n) is 14.2. The molecule has 6 heteroatoms. The normalized spacial score (nSPS) is 11.7. The van der Waals surface area contributed by atoms with Gasteiger partial charge in [-0.3, -0.25) is 14.4 Å². The molecule has 1 aromatic heterocycles. The summed E-state index contributed by atoms with van der Waals surface area (Å²) in [6.07, 6.45) is 0.511. The van der Waals surface area contributed by atoms with Gasteiger partial charge in [0.1, 0.15) is 6.54 Å². The Kier molecular flexibility index (Phi) is 5.12. The molecule has 0 fully saturated rings. The summed E-state index contributed by atoms with van der Waals surface area (Å²) in [7, 11) is 0. The van der Waals surface area contributed by atoms with Gasteiger partial charge in [-0.2, -0.15) is 0 Å². The Morgan fingerprint density at radius 1 is 1.04 bits per heavy atom. The molecule has 6 nitrogen and oxygen atoms in total. The van der Waals surface area contributed by atoms with E-state index in [0.29, 0.717) is 5.69 Å². The standard InChI is InChI=1S/C20H18N2O4/c1-14(26-19(24)13-22-11-5-4-8-18(22)23)20(25)21-17-10-9-15-6-2-3-7-16(15)12-17/h2-12,14H,13H2,1H3,(H,21,25)/t14-/m1/s1. The largest absolute Gasteiger partial charge is 0.451 e. The quantitative estimate of drug-likeness (QED) is 0.718. The fraction of sp³-hybridized carbons (Fsp3) is 0.150. The number of carbonyl (C=O) groups is 2. The maximum atomic E-state index is 12.2. The summed E-state index contributed by atoms with van der Waals surface area (Å²) in [5.74, 6) is -1.09. The highest BCUT2D eigenvalue weighted by atomic mass is 16.5. The van der Waals surface area contributed by atoms with E-state index in [2.05, 4.69) is 5.32 Å². The zero-order chi connectivity index (χ0) is 18.5. The van der Waals surface area contributed by atoms with Gasteiger partial charge < -0.3 is 14.6 Å². The van der Waals surface area contributed by atoms with Crippen molar-refractivity contribution in [3.8, 4) is 0 Å². The van der Waals surface area contributed by atoms with Crippen molar-refractivity contribution in [2.24, 2.45) is 0 Å². The van der Waals surface area contributed by atoms with Crippen molar-refractivity contribution < 1.29 is 14.3 Å². The Balaban J connectivity index is 1.60. The van der Waals surface area contributed by atoms with Gasteiger partial charge in [0.2, 0.25) is 0 Å². The van der Waals surface area contributed by atoms with Crippen LogP contribution in [-0.2, 0) is 20.9 Å². The highest BCUT2D eigenvalue weighted by Crippen LogP contribution is 2.19. The number of nitrogens with zero attached hydrogens (tertiary/aromatic N) is 1. The van der Waals surface area contributed by atoms with Crippen molar-refractivity contribution in [2.75, 3.05) is 5.32 Å². The summed E-state index contributed by atoms with van der Waals surface area (Å²) in [4.78, 5) is 35.8. The number of benzene rings is 2. The van der Waals surface area contributed by atoms with Crippen LogP contribution in [0.15, 0.2) is 71.7 Å². The predicted molar refractivity (Wildman–Crippen MR) is 98.8 cm³/mol. The Labute approximate surface area is 150 Å². The van der Waals surface area contributed by atoms with Gasteiger partial charge in [0.15, 0.2) is 6.10 Å². The molecule has 1 heterocycles. The van der Waals surface area contributed by atoms with Gasteiger partial charge in [-0.05, 0) is 35.9 Å². The molecule has 132 valence electrons. The van der Waals surface area contributed by atoms with E-state index in [-0.39, 0.29) is 12.1 Å². The summed E-state index contributed by atoms with van der Waals surface area (Å²) in [5.41, 5.74) is 0.314. The van der Waals surface area contributed by atoms with Crippen LogP contribution in [-0.4, -0.2) is 22.5 Å². The molecular formula is C20H18N2O4. The topological polar surface area (TPSA) is 77.4 Å². The molecule has 0 aliphatic heterocycles. The van der Waals surface area contributed by atoms with Gasteiger partial charge in [-0.25, -0.2) is 0 Å². The summed E-state index contributed by atoms with van der Waals surface area (Å²) in [5, 5.41) is 4.80. The highest BCUT2D eigenvalue weighted by molar-refractivity contribution is 5.97. The monoisotopic (exact) mass is 350 g/mol. The minimum Gasteiger partial charge on any atom is -0.451 e. The number of amides is 1. The van der Waals surface area contributed by atoms with E-state index < -0.39 is 18.0 Å². The second-order valence-corrected chi connectivity index (χ2v) is 5.85. The number of pyridine rings is 1. The van der Waals surface area contributed by atoms with Crippen LogP contribution in [0.25, 0.3) is 10.8 Å². The number of aromatic nitrogens is 1. The second-order valence-electron chi connectivity index (χ2n) is 5.85. The fourth-order valence-electron chi connectivity index (χ4n) is 2.53. The van der Waals surface area contributed by atoms with Gasteiger partial charge in [0, 0.05) is 18.0 Å². The smallest absolute Gasteiger partial charge is 0.326 e. The van der Waals surface area contributed by atoms with E-state index in [9.17, 15) is 14.4 Å². The van der Waals surface area contributed by atoms with Crippen molar-refractivity contribution in [1.29, 1.82) is 0 Å². The lowest BCUT2D eigenvalue weighted by Gasteiger charge is -2.14. The Bertz CT molecular complexity index is 1010. The van der Waals surface area contributed by atoms with Crippen LogP contribution in [0.4, 0.5) is 5.69 Å². The van der Waals surface area contributed by atoms with Crippen molar-refractivity contribution in [2.45, 2.75) is 19.6 Å². The number of rotatable bonds is 5. The van der Waals surface area contributed by atoms with Crippen LogP contribution in [0.3, 0.4) is 0 Å². The summed E-state index contributed by atoms with van der Waals surface area (Å²) in [6, 6.07) is 17.9. The lowest BCUT2D eigenvalue weighted by Crippen LogP contribution is -2.32. The first-order valence-electron chi connectivity index (χ1n) is 8.17. The maximum Gasteiger partial charge on any atom is 0.326 e. The second kappa shape index (κ2) is 7.65. The van der Waals surface area contributed by atoms with E-state index >= 15 is 0 Å². The third-order valence-corrected chi connectivity index (χ3v) is 3.89. The lowest BCUT2D eigenvalue weighted by molar-refractivity contribution is -0.153. The van der Waals surface area contributed by atoms with Crippen LogP contribution in [0.1, 0.15) is 6.92 Å². The van der Waals surface area contributed by atoms with Gasteiger partial charge >= 0.3 is 5.97 Å². The van der Waals surface area contributed by atoms with Crippen LogP contribution in [0, 0.1) is 0 Å². The zero-order valence-corrected chi connectivity index (χ0v) is 14.2. The van der Waals surface area contributed by atoms with E-state index in [1.54, 1.807) is 18.2 Å². The molecule has 0 radical (unpaired) electrons. The molecule has 0 unspecified atom stereocenters. The molecule has 1 N–H and O–H groups in total. The van der Waals surface area contributed by atoms with E-state index in [0.717, 1.165) is 10.8 Å². The first-order chi connectivity index (χ1) is 12.5. The Morgan fingerprint density at radius 3 is 2.54 bits per heavy atom. The first kappa shape index (κ1) is 17.4. The molecule has 3 rings (SSSR count). The van der Waals surface area contributed by atoms with Crippen LogP contribution >= 0.6 is 0 Å². The van der Waals surface area contributed by atoms with Crippen molar-refractivity contribution in [3.05, 3.63) is 77.2 Å². The number of ether oxygens (including phenoxy) is 1. The van der Waals surface area contributed by atoms with Crippen LogP contribution < -0.4 is 10.9 Å². The van der Waals surface area contributed by atoms with Gasteiger partial charge in [0.25, 0.3) is 11.5 Å². The van der Waals surface area contributed by atoms with Crippen molar-refractivity contribution in [1.82, 2.24) is 4.57 Å². The summed E-state index contributed by atoms with van der Waals surface area (Å²) < 4.78 is 6.34. The molecule has 1 atom stereocenters. The third kappa shape index (κ3) is 4.16. The van der Waals surface area contributed by atoms with Gasteiger partial charge in [-0.15, -0.1) is 0 Å². The molecule has 0 aliphatic rings. The average molecular weight is 350 g/mol. The fourth-order valence-corrected chi connectivity index (χ4v) is 2.53. The third-order valence-electron chi connectivity index (χ3n) is 3.89. The minimum atomic E-state index is -0.978. The first-order valence-corrected chi connectivity index (χ1v) is 8.17. The van der Waals surface area contributed by atoms with E-state index in [1.165, 1.54) is 23.8 Å².